The van der Waals surface area contributed by atoms with Crippen molar-refractivity contribution in [3.8, 4) is 0 Å². The molecule has 0 bridgehead atoms. The van der Waals surface area contributed by atoms with E-state index in [1.54, 1.807) is 0 Å². The van der Waals surface area contributed by atoms with Gasteiger partial charge in [0.15, 0.2) is 0 Å². The van der Waals surface area contributed by atoms with E-state index in [4.69, 9.17) is 0 Å². The van der Waals surface area contributed by atoms with Crippen LogP contribution < -0.4 is 5.32 Å². The van der Waals surface area contributed by atoms with Gasteiger partial charge in [0.25, 0.3) is 0 Å². The molecule has 0 aliphatic heterocycles. The standard InChI is InChI=1S/C17H33N/c1-17(2,3)15-12-8-9-13-16(15)18-14-10-6-4-5-7-11-14/h14-16,18H,4-13H2,1-3H3. The van der Waals surface area contributed by atoms with Crippen LogP contribution in [-0.4, -0.2) is 12.1 Å². The van der Waals surface area contributed by atoms with E-state index in [-0.39, 0.29) is 0 Å². The van der Waals surface area contributed by atoms with Crippen LogP contribution in [0, 0.1) is 11.3 Å². The van der Waals surface area contributed by atoms with Gasteiger partial charge in [-0.05, 0) is 37.0 Å². The smallest absolute Gasteiger partial charge is 0.0103 e. The van der Waals surface area contributed by atoms with E-state index in [1.807, 2.05) is 0 Å². The Hall–Kier alpha value is -0.0400. The molecular weight excluding hydrogens is 218 g/mol. The maximum atomic E-state index is 4.05. The highest BCUT2D eigenvalue weighted by molar-refractivity contribution is 4.90. The van der Waals surface area contributed by atoms with Crippen LogP contribution in [-0.2, 0) is 0 Å². The molecule has 1 N–H and O–H groups in total. The Bertz CT molecular complexity index is 232. The van der Waals surface area contributed by atoms with Gasteiger partial charge in [-0.15, -0.1) is 0 Å². The monoisotopic (exact) mass is 251 g/mol. The Morgan fingerprint density at radius 2 is 1.28 bits per heavy atom. The molecule has 0 spiro atoms. The van der Waals surface area contributed by atoms with Crippen LogP contribution >= 0.6 is 0 Å². The fourth-order valence-electron chi connectivity index (χ4n) is 4.12. The molecule has 1 heteroatoms. The summed E-state index contributed by atoms with van der Waals surface area (Å²) in [5.74, 6) is 0.884. The molecule has 2 fully saturated rings. The van der Waals surface area contributed by atoms with Crippen LogP contribution in [0.25, 0.3) is 0 Å². The second-order valence-corrected chi connectivity index (χ2v) is 7.72. The van der Waals surface area contributed by atoms with Crippen molar-refractivity contribution in [1.82, 2.24) is 5.32 Å². The van der Waals surface area contributed by atoms with Gasteiger partial charge < -0.3 is 5.32 Å². The third kappa shape index (κ3) is 3.98. The topological polar surface area (TPSA) is 12.0 Å². The minimum atomic E-state index is 0.475. The fraction of sp³-hybridized carbons (Fsp3) is 1.00. The van der Waals surface area contributed by atoms with Gasteiger partial charge in [-0.25, -0.2) is 0 Å². The first-order valence-electron chi connectivity index (χ1n) is 8.33. The highest BCUT2D eigenvalue weighted by Crippen LogP contribution is 2.38. The summed E-state index contributed by atoms with van der Waals surface area (Å²) >= 11 is 0. The molecule has 2 aliphatic rings. The maximum absolute atomic E-state index is 4.05. The zero-order valence-corrected chi connectivity index (χ0v) is 12.8. The second-order valence-electron chi connectivity index (χ2n) is 7.72. The highest BCUT2D eigenvalue weighted by atomic mass is 15.0. The van der Waals surface area contributed by atoms with Crippen molar-refractivity contribution in [1.29, 1.82) is 0 Å². The van der Waals surface area contributed by atoms with Crippen LogP contribution in [0.5, 0.6) is 0 Å². The van der Waals surface area contributed by atoms with Crippen molar-refractivity contribution in [2.45, 2.75) is 97.1 Å². The quantitative estimate of drug-likeness (QED) is 0.688. The lowest BCUT2D eigenvalue weighted by Crippen LogP contribution is -2.48. The van der Waals surface area contributed by atoms with Crippen LogP contribution in [0.15, 0.2) is 0 Å². The summed E-state index contributed by atoms with van der Waals surface area (Å²) in [4.78, 5) is 0. The molecule has 0 heterocycles. The Morgan fingerprint density at radius 3 is 1.89 bits per heavy atom. The number of hydrogen-bond donors (Lipinski definition) is 1. The van der Waals surface area contributed by atoms with E-state index in [2.05, 4.69) is 26.1 Å². The Balaban J connectivity index is 1.92. The molecule has 18 heavy (non-hydrogen) atoms. The molecule has 0 aromatic carbocycles. The van der Waals surface area contributed by atoms with Crippen LogP contribution in [0.4, 0.5) is 0 Å². The summed E-state index contributed by atoms with van der Waals surface area (Å²) in [7, 11) is 0. The summed E-state index contributed by atoms with van der Waals surface area (Å²) in [6.07, 6.45) is 14.4. The van der Waals surface area contributed by atoms with Gasteiger partial charge in [0.2, 0.25) is 0 Å². The van der Waals surface area contributed by atoms with Crippen molar-refractivity contribution in [2.75, 3.05) is 0 Å². The molecule has 0 amide bonds. The Labute approximate surface area is 114 Å². The summed E-state index contributed by atoms with van der Waals surface area (Å²) < 4.78 is 0. The molecule has 0 aromatic heterocycles. The lowest BCUT2D eigenvalue weighted by Gasteiger charge is -2.42. The predicted molar refractivity (Wildman–Crippen MR) is 79.8 cm³/mol. The first-order valence-corrected chi connectivity index (χ1v) is 8.33. The van der Waals surface area contributed by atoms with E-state index in [0.717, 1.165) is 18.0 Å². The van der Waals surface area contributed by atoms with Crippen molar-refractivity contribution in [2.24, 2.45) is 11.3 Å². The van der Waals surface area contributed by atoms with Gasteiger partial charge in [-0.3, -0.25) is 0 Å². The van der Waals surface area contributed by atoms with E-state index in [1.165, 1.54) is 64.2 Å². The molecule has 0 saturated heterocycles. The summed E-state index contributed by atoms with van der Waals surface area (Å²) in [6.45, 7) is 7.31. The lowest BCUT2D eigenvalue weighted by atomic mass is 9.69. The normalized spacial score (nSPS) is 32.2. The third-order valence-electron chi connectivity index (χ3n) is 5.18. The predicted octanol–water partition coefficient (Wildman–Crippen LogP) is 4.90. The number of nitrogens with one attached hydrogen (secondary N) is 1. The van der Waals surface area contributed by atoms with E-state index >= 15 is 0 Å². The van der Waals surface area contributed by atoms with Gasteiger partial charge in [-0.2, -0.15) is 0 Å². The largest absolute Gasteiger partial charge is 0.311 e. The molecular formula is C17H33N. The number of hydrogen-bond acceptors (Lipinski definition) is 1. The first kappa shape index (κ1) is 14.4. The molecule has 2 unspecified atom stereocenters. The molecule has 2 aliphatic carbocycles. The SMILES string of the molecule is CC(C)(C)C1CCCCC1NC1CCCCCC1. The Morgan fingerprint density at radius 1 is 0.722 bits per heavy atom. The molecule has 0 aromatic rings. The van der Waals surface area contributed by atoms with Crippen molar-refractivity contribution in [3.05, 3.63) is 0 Å². The van der Waals surface area contributed by atoms with Gasteiger partial charge in [0.05, 0.1) is 0 Å². The molecule has 2 atom stereocenters. The van der Waals surface area contributed by atoms with Crippen LogP contribution in [0.2, 0.25) is 0 Å². The average molecular weight is 251 g/mol. The minimum absolute atomic E-state index is 0.475. The summed E-state index contributed by atoms with van der Waals surface area (Å²) in [6, 6.07) is 1.61. The zero-order valence-electron chi connectivity index (χ0n) is 12.8. The zero-order chi connectivity index (χ0) is 13.0. The van der Waals surface area contributed by atoms with Gasteiger partial charge in [0, 0.05) is 12.1 Å². The van der Waals surface area contributed by atoms with Crippen LogP contribution in [0.1, 0.15) is 85.0 Å². The third-order valence-corrected chi connectivity index (χ3v) is 5.18. The second kappa shape index (κ2) is 6.41. The minimum Gasteiger partial charge on any atom is -0.311 e. The summed E-state index contributed by atoms with van der Waals surface area (Å²) in [5.41, 5.74) is 0.475. The van der Waals surface area contributed by atoms with Crippen molar-refractivity contribution < 1.29 is 0 Å². The van der Waals surface area contributed by atoms with Crippen LogP contribution in [0.3, 0.4) is 0 Å². The molecule has 2 saturated carbocycles. The fourth-order valence-corrected chi connectivity index (χ4v) is 4.12. The van der Waals surface area contributed by atoms with Gasteiger partial charge in [-0.1, -0.05) is 59.3 Å². The van der Waals surface area contributed by atoms with E-state index in [0.29, 0.717) is 5.41 Å². The molecule has 106 valence electrons. The van der Waals surface area contributed by atoms with E-state index in [9.17, 15) is 0 Å². The summed E-state index contributed by atoms with van der Waals surface area (Å²) in [5, 5.41) is 4.05. The average Bonchev–Trinajstić information content (AvgIpc) is 2.57. The highest BCUT2D eigenvalue weighted by Gasteiger charge is 2.34. The first-order chi connectivity index (χ1) is 8.57. The number of rotatable bonds is 2. The molecule has 2 rings (SSSR count). The van der Waals surface area contributed by atoms with Gasteiger partial charge >= 0.3 is 0 Å². The molecule has 0 radical (unpaired) electrons. The molecule has 1 nitrogen and oxygen atoms in total. The van der Waals surface area contributed by atoms with Crippen molar-refractivity contribution in [3.63, 3.8) is 0 Å². The lowest BCUT2D eigenvalue weighted by molar-refractivity contribution is 0.121. The van der Waals surface area contributed by atoms with Gasteiger partial charge in [0.1, 0.15) is 0 Å². The van der Waals surface area contributed by atoms with Crippen molar-refractivity contribution >= 4 is 0 Å². The van der Waals surface area contributed by atoms with E-state index < -0.39 is 0 Å². The maximum Gasteiger partial charge on any atom is 0.0103 e. The Kier molecular flexibility index (Phi) is 5.12.